The van der Waals surface area contributed by atoms with Crippen LogP contribution in [-0.4, -0.2) is 41.6 Å². The minimum absolute atomic E-state index is 0.160. The van der Waals surface area contributed by atoms with Gasteiger partial charge in [-0.15, -0.1) is 0 Å². The van der Waals surface area contributed by atoms with E-state index in [2.05, 4.69) is 30.4 Å². The summed E-state index contributed by atoms with van der Waals surface area (Å²) in [5.41, 5.74) is 6.05. The Labute approximate surface area is 132 Å². The summed E-state index contributed by atoms with van der Waals surface area (Å²) in [5.74, 6) is 1.46. The van der Waals surface area contributed by atoms with Crippen molar-refractivity contribution in [3.63, 3.8) is 0 Å². The van der Waals surface area contributed by atoms with Gasteiger partial charge in [-0.25, -0.2) is 4.90 Å². The van der Waals surface area contributed by atoms with Crippen molar-refractivity contribution >= 4 is 5.84 Å². The third-order valence-corrected chi connectivity index (χ3v) is 4.69. The molecule has 0 fully saturated rings. The third-order valence-electron chi connectivity index (χ3n) is 4.69. The fourth-order valence-electron chi connectivity index (χ4n) is 3.28. The molecule has 3 nitrogen and oxygen atoms in total. The highest BCUT2D eigenvalue weighted by Crippen LogP contribution is 2.14. The Kier molecular flexibility index (Phi) is 9.73. The topological polar surface area (TPSA) is 32.3 Å². The van der Waals surface area contributed by atoms with Gasteiger partial charge in [0.15, 0.2) is 0 Å². The molecule has 1 rings (SSSR count). The molecule has 3 heteroatoms. The van der Waals surface area contributed by atoms with Gasteiger partial charge in [0.05, 0.1) is 7.05 Å². The van der Waals surface area contributed by atoms with Crippen molar-refractivity contribution in [1.82, 2.24) is 4.90 Å². The summed E-state index contributed by atoms with van der Waals surface area (Å²) < 4.78 is 2.39. The maximum atomic E-state index is 6.05. The Morgan fingerprint density at radius 3 is 2.05 bits per heavy atom. The van der Waals surface area contributed by atoms with Crippen molar-refractivity contribution in [2.24, 2.45) is 5.73 Å². The zero-order chi connectivity index (χ0) is 15.5. The second-order valence-electron chi connectivity index (χ2n) is 6.70. The summed E-state index contributed by atoms with van der Waals surface area (Å²) in [7, 11) is 2.20. The lowest BCUT2D eigenvalue weighted by atomic mass is 10.1. The number of nitrogens with two attached hydrogens (primary N) is 1. The van der Waals surface area contributed by atoms with Gasteiger partial charge in [-0.1, -0.05) is 64.7 Å². The molecule has 1 atom stereocenters. The number of nitrogens with zero attached hydrogens (tertiary/aromatic N) is 2. The van der Waals surface area contributed by atoms with Crippen LogP contribution in [0.2, 0.25) is 0 Å². The normalized spacial score (nSPS) is 16.9. The van der Waals surface area contributed by atoms with Gasteiger partial charge in [0.2, 0.25) is 5.84 Å². The van der Waals surface area contributed by atoms with E-state index in [4.69, 9.17) is 5.73 Å². The highest BCUT2D eigenvalue weighted by molar-refractivity contribution is 5.78. The van der Waals surface area contributed by atoms with Crippen LogP contribution in [0.5, 0.6) is 0 Å². The first-order valence-corrected chi connectivity index (χ1v) is 9.26. The molecule has 0 aliphatic carbocycles. The van der Waals surface area contributed by atoms with E-state index in [0.717, 1.165) is 13.1 Å². The monoisotopic (exact) mass is 296 g/mol. The Hall–Kier alpha value is -0.570. The van der Waals surface area contributed by atoms with E-state index in [9.17, 15) is 0 Å². The zero-order valence-electron chi connectivity index (χ0n) is 14.7. The molecule has 1 aliphatic heterocycles. The molecule has 0 saturated carbocycles. The molecule has 0 aromatic carbocycles. The molecule has 1 unspecified atom stereocenters. The van der Waals surface area contributed by atoms with Gasteiger partial charge >= 0.3 is 0 Å². The molecule has 0 aromatic rings. The average molecular weight is 297 g/mol. The molecule has 124 valence electrons. The third kappa shape index (κ3) is 7.30. The molecular weight excluding hydrogens is 258 g/mol. The molecule has 0 amide bonds. The van der Waals surface area contributed by atoms with Gasteiger partial charge in [-0.05, 0) is 13.3 Å². The summed E-state index contributed by atoms with van der Waals surface area (Å²) in [6, 6.07) is 0. The predicted molar refractivity (Wildman–Crippen MR) is 92.9 cm³/mol. The molecule has 0 bridgehead atoms. The highest BCUT2D eigenvalue weighted by atomic mass is 15.3. The Morgan fingerprint density at radius 1 is 1.00 bits per heavy atom. The van der Waals surface area contributed by atoms with E-state index in [1.54, 1.807) is 0 Å². The summed E-state index contributed by atoms with van der Waals surface area (Å²) in [4.78, 5) is 2.37. The zero-order valence-corrected chi connectivity index (χ0v) is 14.7. The number of hydrogen-bond acceptors (Lipinski definition) is 2. The van der Waals surface area contributed by atoms with Gasteiger partial charge in [0.25, 0.3) is 0 Å². The summed E-state index contributed by atoms with van der Waals surface area (Å²) >= 11 is 0. The molecule has 0 aromatic heterocycles. The lowest BCUT2D eigenvalue weighted by Gasteiger charge is -2.16. The molecule has 1 aliphatic rings. The fourth-order valence-corrected chi connectivity index (χ4v) is 3.28. The van der Waals surface area contributed by atoms with E-state index in [1.807, 2.05) is 0 Å². The van der Waals surface area contributed by atoms with Crippen molar-refractivity contribution in [2.75, 3.05) is 20.1 Å². The number of likely N-dealkylation sites (N-methyl/N-ethyl adjacent to an activating group) is 1. The van der Waals surface area contributed by atoms with Crippen molar-refractivity contribution in [3.05, 3.63) is 0 Å². The molecule has 0 spiro atoms. The van der Waals surface area contributed by atoms with E-state index in [0.29, 0.717) is 0 Å². The SMILES string of the molecule is CCCCCCCCCCCCC1=[N+](C)CCN1C(C)N. The van der Waals surface area contributed by atoms with Gasteiger partial charge < -0.3 is 0 Å². The Bertz CT molecular complexity index is 297. The number of amidine groups is 1. The first-order valence-electron chi connectivity index (χ1n) is 9.26. The van der Waals surface area contributed by atoms with Crippen LogP contribution in [0.25, 0.3) is 0 Å². The van der Waals surface area contributed by atoms with Crippen LogP contribution in [0.4, 0.5) is 0 Å². The van der Waals surface area contributed by atoms with E-state index < -0.39 is 0 Å². The number of unbranched alkanes of at least 4 members (excludes halogenated alkanes) is 9. The Balaban J connectivity index is 2.00. The summed E-state index contributed by atoms with van der Waals surface area (Å²) in [6.07, 6.45) is 15.4. The minimum atomic E-state index is 0.160. The van der Waals surface area contributed by atoms with Crippen LogP contribution >= 0.6 is 0 Å². The van der Waals surface area contributed by atoms with E-state index in [-0.39, 0.29) is 6.17 Å². The van der Waals surface area contributed by atoms with E-state index >= 15 is 0 Å². The van der Waals surface area contributed by atoms with Crippen molar-refractivity contribution < 1.29 is 4.58 Å². The maximum absolute atomic E-state index is 6.05. The lowest BCUT2D eigenvalue weighted by Crippen LogP contribution is -2.42. The lowest BCUT2D eigenvalue weighted by molar-refractivity contribution is -0.487. The van der Waals surface area contributed by atoms with Crippen molar-refractivity contribution in [3.8, 4) is 0 Å². The van der Waals surface area contributed by atoms with Gasteiger partial charge in [-0.2, -0.15) is 0 Å². The second kappa shape index (κ2) is 11.1. The Morgan fingerprint density at radius 2 is 1.52 bits per heavy atom. The largest absolute Gasteiger partial charge is 0.293 e. The van der Waals surface area contributed by atoms with Crippen LogP contribution in [0.1, 0.15) is 84.5 Å². The van der Waals surface area contributed by atoms with Gasteiger partial charge in [0, 0.05) is 6.42 Å². The van der Waals surface area contributed by atoms with Crippen LogP contribution in [0, 0.1) is 0 Å². The van der Waals surface area contributed by atoms with Crippen molar-refractivity contribution in [1.29, 1.82) is 0 Å². The molecule has 21 heavy (non-hydrogen) atoms. The second-order valence-corrected chi connectivity index (χ2v) is 6.70. The molecule has 0 radical (unpaired) electrons. The molecule has 1 heterocycles. The quantitative estimate of drug-likeness (QED) is 0.437. The van der Waals surface area contributed by atoms with Crippen molar-refractivity contribution in [2.45, 2.75) is 90.6 Å². The summed E-state index contributed by atoms with van der Waals surface area (Å²) in [6.45, 7) is 6.61. The van der Waals surface area contributed by atoms with Crippen LogP contribution in [0.15, 0.2) is 0 Å². The van der Waals surface area contributed by atoms with Crippen LogP contribution in [-0.2, 0) is 0 Å². The summed E-state index contributed by atoms with van der Waals surface area (Å²) in [5, 5.41) is 0. The predicted octanol–water partition coefficient (Wildman–Crippen LogP) is 3.96. The van der Waals surface area contributed by atoms with Gasteiger partial charge in [0.1, 0.15) is 19.3 Å². The fraction of sp³-hybridized carbons (Fsp3) is 0.944. The first kappa shape index (κ1) is 18.5. The maximum Gasteiger partial charge on any atom is 0.248 e. The highest BCUT2D eigenvalue weighted by Gasteiger charge is 2.30. The molecule has 0 saturated heterocycles. The molecular formula is C18H38N3+. The minimum Gasteiger partial charge on any atom is -0.293 e. The number of hydrogen-bond donors (Lipinski definition) is 1. The average Bonchev–Trinajstić information content (AvgIpc) is 2.82. The van der Waals surface area contributed by atoms with Gasteiger partial charge in [-0.3, -0.25) is 10.3 Å². The standard InChI is InChI=1S/C18H38N3/c1-4-5-6-7-8-9-10-11-12-13-14-18-20(3)15-16-21(18)17(2)19/h17H,4-16,19H2,1-3H3/q+1. The smallest absolute Gasteiger partial charge is 0.248 e. The first-order chi connectivity index (χ1) is 10.2. The number of rotatable bonds is 12. The van der Waals surface area contributed by atoms with E-state index in [1.165, 1.54) is 76.5 Å². The van der Waals surface area contributed by atoms with Crippen LogP contribution < -0.4 is 5.73 Å². The molecule has 2 N–H and O–H groups in total. The van der Waals surface area contributed by atoms with Crippen LogP contribution in [0.3, 0.4) is 0 Å².